The van der Waals surface area contributed by atoms with Gasteiger partial charge in [0.1, 0.15) is 0 Å². The van der Waals surface area contributed by atoms with Gasteiger partial charge >= 0.3 is 0 Å². The molecule has 1 aliphatic heterocycles. The van der Waals surface area contributed by atoms with E-state index in [9.17, 15) is 8.42 Å². The molecule has 1 saturated carbocycles. The van der Waals surface area contributed by atoms with Crippen LogP contribution in [0.2, 0.25) is 0 Å². The minimum atomic E-state index is -2.69. The molecule has 2 atom stereocenters. The van der Waals surface area contributed by atoms with Gasteiger partial charge in [-0.2, -0.15) is 0 Å². The Morgan fingerprint density at radius 3 is 2.23 bits per heavy atom. The van der Waals surface area contributed by atoms with E-state index in [1.165, 1.54) is 19.3 Å². The molecule has 0 aromatic rings. The molecule has 4 heteroatoms. The summed E-state index contributed by atoms with van der Waals surface area (Å²) in [6.45, 7) is 0. The Morgan fingerprint density at radius 2 is 1.85 bits per heavy atom. The lowest BCUT2D eigenvalue weighted by atomic mass is 9.79. The zero-order valence-corrected chi connectivity index (χ0v) is 9.98. The van der Waals surface area contributed by atoms with Crippen LogP contribution < -0.4 is 0 Å². The maximum atomic E-state index is 11.3. The van der Waals surface area contributed by atoms with Crippen LogP contribution in [0.5, 0.6) is 0 Å². The van der Waals surface area contributed by atoms with Gasteiger partial charge in [0.25, 0.3) is 0 Å². The van der Waals surface area contributed by atoms with Crippen LogP contribution in [0.1, 0.15) is 25.7 Å². The third-order valence-electron chi connectivity index (χ3n) is 3.32. The normalized spacial score (nSPS) is 35.6. The van der Waals surface area contributed by atoms with Crippen molar-refractivity contribution >= 4 is 25.8 Å². The molecule has 0 aromatic heterocycles. The highest BCUT2D eigenvalue weighted by molar-refractivity contribution is 9.09. The molecule has 0 N–H and O–H groups in total. The van der Waals surface area contributed by atoms with Gasteiger partial charge in [-0.15, -0.1) is 0 Å². The molecule has 2 nitrogen and oxygen atoms in total. The lowest BCUT2D eigenvalue weighted by Crippen LogP contribution is -2.29. The van der Waals surface area contributed by atoms with E-state index in [1.54, 1.807) is 0 Å². The van der Waals surface area contributed by atoms with Gasteiger partial charge < -0.3 is 0 Å². The first-order valence-electron chi connectivity index (χ1n) is 4.93. The van der Waals surface area contributed by atoms with Crippen LogP contribution in [0.25, 0.3) is 0 Å². The molecule has 76 valence electrons. The van der Waals surface area contributed by atoms with Gasteiger partial charge in [0.2, 0.25) is 0 Å². The molecule has 0 aromatic carbocycles. The van der Waals surface area contributed by atoms with Gasteiger partial charge in [-0.1, -0.05) is 22.4 Å². The Hall–Kier alpha value is 0.430. The predicted molar refractivity (Wildman–Crippen MR) is 56.8 cm³/mol. The van der Waals surface area contributed by atoms with Crippen LogP contribution >= 0.6 is 15.9 Å². The standard InChI is InChI=1S/C9H15BrO2S/c10-9(7-2-1-3-7)8-4-5-13(11,12)6-8/h7-9H,1-6H2. The van der Waals surface area contributed by atoms with E-state index in [1.807, 2.05) is 0 Å². The quantitative estimate of drug-likeness (QED) is 0.717. The average Bonchev–Trinajstić information content (AvgIpc) is 2.26. The van der Waals surface area contributed by atoms with Crippen LogP contribution in [-0.2, 0) is 9.84 Å². The van der Waals surface area contributed by atoms with Gasteiger partial charge in [-0.25, -0.2) is 8.42 Å². The molecule has 2 fully saturated rings. The van der Waals surface area contributed by atoms with Crippen molar-refractivity contribution in [3.05, 3.63) is 0 Å². The van der Waals surface area contributed by atoms with Crippen LogP contribution in [0, 0.1) is 11.8 Å². The molecule has 0 bridgehead atoms. The monoisotopic (exact) mass is 266 g/mol. The van der Waals surface area contributed by atoms with Gasteiger partial charge in [0, 0.05) is 4.83 Å². The Labute approximate surface area is 88.1 Å². The second-order valence-corrected chi connectivity index (χ2v) is 7.58. The fourth-order valence-electron chi connectivity index (χ4n) is 2.22. The van der Waals surface area contributed by atoms with Gasteiger partial charge in [-0.3, -0.25) is 0 Å². The first-order valence-corrected chi connectivity index (χ1v) is 7.67. The van der Waals surface area contributed by atoms with Crippen LogP contribution in [-0.4, -0.2) is 24.8 Å². The number of alkyl halides is 1. The van der Waals surface area contributed by atoms with Crippen molar-refractivity contribution in [3.63, 3.8) is 0 Å². The predicted octanol–water partition coefficient (Wildman–Crippen LogP) is 1.98. The third-order valence-corrected chi connectivity index (χ3v) is 6.61. The van der Waals surface area contributed by atoms with Crippen molar-refractivity contribution in [1.82, 2.24) is 0 Å². The third kappa shape index (κ3) is 2.09. The van der Waals surface area contributed by atoms with Crippen molar-refractivity contribution in [2.75, 3.05) is 11.5 Å². The van der Waals surface area contributed by atoms with E-state index < -0.39 is 9.84 Å². The topological polar surface area (TPSA) is 34.1 Å². The summed E-state index contributed by atoms with van der Waals surface area (Å²) in [5.41, 5.74) is 0. The molecule has 0 radical (unpaired) electrons. The molecule has 1 aliphatic carbocycles. The van der Waals surface area contributed by atoms with E-state index in [2.05, 4.69) is 15.9 Å². The minimum absolute atomic E-state index is 0.385. The maximum absolute atomic E-state index is 11.3. The van der Waals surface area contributed by atoms with E-state index in [0.29, 0.717) is 22.3 Å². The summed E-state index contributed by atoms with van der Waals surface area (Å²) in [7, 11) is -2.69. The van der Waals surface area contributed by atoms with Crippen molar-refractivity contribution in [2.24, 2.45) is 11.8 Å². The molecule has 1 saturated heterocycles. The van der Waals surface area contributed by atoms with Crippen LogP contribution in [0.3, 0.4) is 0 Å². The van der Waals surface area contributed by atoms with E-state index in [0.717, 1.165) is 12.3 Å². The second kappa shape index (κ2) is 3.54. The SMILES string of the molecule is O=S1(=O)CCC(C(Br)C2CCC2)C1. The summed E-state index contributed by atoms with van der Waals surface area (Å²) in [4.78, 5) is 0.457. The lowest BCUT2D eigenvalue weighted by molar-refractivity contribution is 0.274. The molecule has 1 heterocycles. The van der Waals surface area contributed by atoms with Crippen molar-refractivity contribution < 1.29 is 8.42 Å². The first-order chi connectivity index (χ1) is 6.08. The molecule has 2 rings (SSSR count). The number of halogens is 1. The zero-order valence-electron chi connectivity index (χ0n) is 7.58. The first kappa shape index (κ1) is 9.97. The number of hydrogen-bond donors (Lipinski definition) is 0. The van der Waals surface area contributed by atoms with Crippen molar-refractivity contribution in [1.29, 1.82) is 0 Å². The molecule has 0 amide bonds. The largest absolute Gasteiger partial charge is 0.229 e. The zero-order chi connectivity index (χ0) is 9.47. The molecule has 13 heavy (non-hydrogen) atoms. The highest BCUT2D eigenvalue weighted by atomic mass is 79.9. The summed E-state index contributed by atoms with van der Waals surface area (Å²) in [6.07, 6.45) is 4.76. The molecular weight excluding hydrogens is 252 g/mol. The average molecular weight is 267 g/mol. The molecule has 2 aliphatic rings. The van der Waals surface area contributed by atoms with Crippen LogP contribution in [0.15, 0.2) is 0 Å². The maximum Gasteiger partial charge on any atom is 0.150 e. The summed E-state index contributed by atoms with van der Waals surface area (Å²) < 4.78 is 22.5. The summed E-state index contributed by atoms with van der Waals surface area (Å²) in [5.74, 6) is 1.96. The fraction of sp³-hybridized carbons (Fsp3) is 1.00. The van der Waals surface area contributed by atoms with Crippen molar-refractivity contribution in [3.8, 4) is 0 Å². The summed E-state index contributed by atoms with van der Waals surface area (Å²) in [6, 6.07) is 0. The molecule has 0 spiro atoms. The second-order valence-electron chi connectivity index (χ2n) is 4.30. The van der Waals surface area contributed by atoms with E-state index >= 15 is 0 Å². The smallest absolute Gasteiger partial charge is 0.150 e. The highest BCUT2D eigenvalue weighted by Crippen LogP contribution is 2.40. The van der Waals surface area contributed by atoms with Gasteiger partial charge in [0.15, 0.2) is 9.84 Å². The Balaban J connectivity index is 1.94. The van der Waals surface area contributed by atoms with Gasteiger partial charge in [0.05, 0.1) is 11.5 Å². The van der Waals surface area contributed by atoms with Crippen LogP contribution in [0.4, 0.5) is 0 Å². The fourth-order valence-corrected chi connectivity index (χ4v) is 5.30. The summed E-state index contributed by atoms with van der Waals surface area (Å²) >= 11 is 3.67. The number of rotatable bonds is 2. The highest BCUT2D eigenvalue weighted by Gasteiger charge is 2.37. The Bertz CT molecular complexity index is 282. The molecule has 2 unspecified atom stereocenters. The Kier molecular flexibility index (Phi) is 2.71. The van der Waals surface area contributed by atoms with Gasteiger partial charge in [-0.05, 0) is 31.1 Å². The van der Waals surface area contributed by atoms with E-state index in [-0.39, 0.29) is 0 Å². The lowest BCUT2D eigenvalue weighted by Gasteiger charge is -2.33. The van der Waals surface area contributed by atoms with E-state index in [4.69, 9.17) is 0 Å². The Morgan fingerprint density at radius 1 is 1.15 bits per heavy atom. The minimum Gasteiger partial charge on any atom is -0.229 e. The van der Waals surface area contributed by atoms with Crippen molar-refractivity contribution in [2.45, 2.75) is 30.5 Å². The molecular formula is C9H15BrO2S. The number of sulfone groups is 1. The number of hydrogen-bond acceptors (Lipinski definition) is 2. The summed E-state index contributed by atoms with van der Waals surface area (Å²) in [5, 5.41) is 0.